The lowest BCUT2D eigenvalue weighted by atomic mass is 10.0. The molecule has 0 rings (SSSR count). The van der Waals surface area contributed by atoms with Crippen molar-refractivity contribution in [2.24, 2.45) is 34.8 Å². The van der Waals surface area contributed by atoms with E-state index in [1.165, 1.54) is 13.8 Å². The summed E-state index contributed by atoms with van der Waals surface area (Å²) in [4.78, 5) is 141. The summed E-state index contributed by atoms with van der Waals surface area (Å²) in [6, 6.07) is -7.23. The van der Waals surface area contributed by atoms with Crippen LogP contribution in [0.15, 0.2) is 0 Å². The Labute approximate surface area is 474 Å². The molecule has 460 valence electrons. The van der Waals surface area contributed by atoms with Crippen LogP contribution in [0.25, 0.3) is 11.1 Å². The Bertz CT molecular complexity index is 2210. The molecule has 0 unspecified atom stereocenters. The van der Waals surface area contributed by atoms with Gasteiger partial charge in [-0.1, -0.05) is 50.0 Å². The molecule has 0 aliphatic rings. The quantitative estimate of drug-likeness (QED) is 0.0147. The Morgan fingerprint density at radius 2 is 0.716 bits per heavy atom. The van der Waals surface area contributed by atoms with Crippen LogP contribution in [0.4, 0.5) is 0 Å². The number of carbonyl (C=O) groups is 12. The number of aliphatic carboxylic acids is 2. The van der Waals surface area contributed by atoms with Crippen LogP contribution in [-0.4, -0.2) is 190 Å². The van der Waals surface area contributed by atoms with Crippen LogP contribution in [0.1, 0.15) is 142 Å². The van der Waals surface area contributed by atoms with Gasteiger partial charge >= 0.3 is 48.7 Å². The standard InChI is InChI=1S/C15H25N3O4.C12H20N4O4.C12H19N3O4.C9H14N4O4.3CH4/c1-5-22-15(21)13(7-6-11(19)9-17-4)18-14(20)12(16)8-10(2)3;1-7(2)5-9(13)11(18)16-10(12(19)20)4-3-8(17)6-15-14;1-4-19-12(18)10(15-11(17)8(2)13)6-5-9(16)7-14-3;1-5(10)8(15)13-7(9(16)17)3-2-6(14)4-12-11;;;/h9-10,12-13H,4-8,16H2,1-3H3;6-7,9-10H,3-5,13H2,1-2H3,(H,16,18)(H,19,20);7-8,10H,3-6,13H2,1-2H3;4-5,7H,2-3,10H2,1H3,(H,13,15)(H,16,17);3*1H4/p+2/t12-,13-;9-,10-;8-,10-;5-,7-;;;/m0000.../s1. The van der Waals surface area contributed by atoms with Crippen molar-refractivity contribution in [2.75, 3.05) is 13.2 Å². The Kier molecular flexibility index (Phi) is 55.1. The molecule has 14 N–H and O–H groups in total. The number of esters is 2. The van der Waals surface area contributed by atoms with E-state index >= 15 is 0 Å². The molecule has 0 radical (unpaired) electrons. The number of amides is 4. The predicted molar refractivity (Wildman–Crippen MR) is 306 cm³/mol. The molecule has 0 spiro atoms. The molecule has 0 aliphatic carbocycles. The Balaban J connectivity index is -0.000000179. The summed E-state index contributed by atoms with van der Waals surface area (Å²) in [5, 5.41) is 27.3. The summed E-state index contributed by atoms with van der Waals surface area (Å²) in [6.45, 7) is 20.7. The van der Waals surface area contributed by atoms with Crippen LogP contribution in [0.5, 0.6) is 0 Å². The molecule has 0 aromatic rings. The summed E-state index contributed by atoms with van der Waals surface area (Å²) in [5.74, 6) is -6.88. The first-order chi connectivity index (χ1) is 36.4. The highest BCUT2D eigenvalue weighted by atomic mass is 16.5. The number of Topliss-reactive ketones (excluding diaryl/α,β-unsaturated/α-hetero) is 4. The third kappa shape index (κ3) is 47.6. The van der Waals surface area contributed by atoms with Gasteiger partial charge in [-0.2, -0.15) is 9.58 Å². The molecule has 0 aliphatic heterocycles. The van der Waals surface area contributed by atoms with Gasteiger partial charge in [0.1, 0.15) is 24.2 Å². The second-order valence-electron chi connectivity index (χ2n) is 17.6. The number of carbonyl (C=O) groups excluding carboxylic acids is 10. The van der Waals surface area contributed by atoms with E-state index in [1.807, 2.05) is 27.7 Å². The maximum absolute atomic E-state index is 12.0. The van der Waals surface area contributed by atoms with Crippen LogP contribution in [0.3, 0.4) is 0 Å². The van der Waals surface area contributed by atoms with Crippen molar-refractivity contribution < 1.29 is 86.8 Å². The first kappa shape index (κ1) is 86.8. The highest BCUT2D eigenvalue weighted by molar-refractivity contribution is 6.27. The van der Waals surface area contributed by atoms with Gasteiger partial charge < -0.3 is 75.0 Å². The fourth-order valence-corrected chi connectivity index (χ4v) is 5.63. The van der Waals surface area contributed by atoms with Crippen LogP contribution in [0, 0.1) is 11.8 Å². The van der Waals surface area contributed by atoms with E-state index in [0.29, 0.717) is 25.3 Å². The SMILES string of the molecule is C.C.C.C=[N+]=CC(=O)CC[C@H](NC(=O)[C@@H](N)CC(C)C)C(=O)OCC.C=[N+]=CC(=O)CC[C@H](NC(=O)[C@H](C)N)C(=O)OCC.CC(C)C[C@H](N)C(=O)N[C@@H](CCC(=O)C=[N+]=[N-])C(=O)O.C[C@H](N)C(=O)N[C@@H](CCC(=O)C=[N+]=[N-])C(=O)O. The second-order valence-corrected chi connectivity index (χ2v) is 17.6. The number of nitrogens with zero attached hydrogens (tertiary/aromatic N) is 6. The summed E-state index contributed by atoms with van der Waals surface area (Å²) in [5.41, 5.74) is 38.3. The smallest absolute Gasteiger partial charge is 0.334 e. The number of hydrogen-bond donors (Lipinski definition) is 10. The largest absolute Gasteiger partial charge is 0.480 e. The molecule has 0 aromatic carbocycles. The maximum Gasteiger partial charge on any atom is 0.334 e. The van der Waals surface area contributed by atoms with Crippen LogP contribution in [-0.2, 0) is 67.0 Å². The molecule has 0 aromatic heterocycles. The summed E-state index contributed by atoms with van der Waals surface area (Å²) in [6.07, 6.45) is 4.32. The van der Waals surface area contributed by atoms with Gasteiger partial charge in [-0.05, 0) is 78.1 Å². The molecule has 0 fully saturated rings. The average molecular weight is 1160 g/mol. The minimum atomic E-state index is -1.26. The Morgan fingerprint density at radius 1 is 0.469 bits per heavy atom. The number of hydrogen-bond acceptors (Lipinski definition) is 18. The maximum atomic E-state index is 12.0. The third-order valence-corrected chi connectivity index (χ3v) is 9.55. The number of carboxylic acids is 2. The first-order valence-corrected chi connectivity index (χ1v) is 24.5. The lowest BCUT2D eigenvalue weighted by Crippen LogP contribution is -2.49. The zero-order chi connectivity index (χ0) is 61.1. The third-order valence-electron chi connectivity index (χ3n) is 9.55. The van der Waals surface area contributed by atoms with Crippen molar-refractivity contribution in [1.82, 2.24) is 30.6 Å². The van der Waals surface area contributed by atoms with E-state index in [4.69, 9.17) is 53.7 Å². The summed E-state index contributed by atoms with van der Waals surface area (Å²) in [7, 11) is 0. The Morgan fingerprint density at radius 3 is 0.951 bits per heavy atom. The van der Waals surface area contributed by atoms with E-state index in [2.05, 4.69) is 53.6 Å². The number of ketones is 4. The molecule has 8 atom stereocenters. The number of rotatable bonds is 34. The lowest BCUT2D eigenvalue weighted by Gasteiger charge is -2.20. The van der Waals surface area contributed by atoms with Crippen molar-refractivity contribution in [2.45, 2.75) is 190 Å². The minimum absolute atomic E-state index is 0. The van der Waals surface area contributed by atoms with Crippen molar-refractivity contribution in [3.05, 3.63) is 11.1 Å². The molecular formula is C51H92N14O16+2. The molecule has 81 heavy (non-hydrogen) atoms. The van der Waals surface area contributed by atoms with Gasteiger partial charge in [0.05, 0.1) is 37.4 Å². The van der Waals surface area contributed by atoms with Gasteiger partial charge in [-0.15, -0.1) is 9.34 Å². The highest BCUT2D eigenvalue weighted by Crippen LogP contribution is 2.08. The monoisotopic (exact) mass is 1160 g/mol. The van der Waals surface area contributed by atoms with Gasteiger partial charge in [0.25, 0.3) is 13.4 Å². The normalized spacial score (nSPS) is 12.5. The van der Waals surface area contributed by atoms with Gasteiger partial charge in [-0.3, -0.25) is 38.4 Å². The number of ether oxygens (including phenoxy) is 2. The van der Waals surface area contributed by atoms with E-state index < -0.39 is 107 Å². The average Bonchev–Trinajstić information content (AvgIpc) is 3.34. The number of nitrogens with two attached hydrogens (primary N) is 4. The first-order valence-electron chi connectivity index (χ1n) is 24.5. The topological polar surface area (TPSA) is 517 Å². The van der Waals surface area contributed by atoms with Crippen LogP contribution >= 0.6 is 0 Å². The van der Waals surface area contributed by atoms with Gasteiger partial charge in [0.15, 0.2) is 0 Å². The molecule has 4 amide bonds. The van der Waals surface area contributed by atoms with Crippen LogP contribution < -0.4 is 53.5 Å². The lowest BCUT2D eigenvalue weighted by molar-refractivity contribution is -0.148. The highest BCUT2D eigenvalue weighted by Gasteiger charge is 2.28. The Hall–Kier alpha value is -8.06. The van der Waals surface area contributed by atoms with Gasteiger partial charge in [-0.25, -0.2) is 19.2 Å². The molecule has 0 bridgehead atoms. The molecular weight excluding hydrogens is 1060 g/mol. The van der Waals surface area contributed by atoms with E-state index in [0.717, 1.165) is 12.4 Å². The molecule has 0 saturated carbocycles. The van der Waals surface area contributed by atoms with E-state index in [9.17, 15) is 57.5 Å². The van der Waals surface area contributed by atoms with Crippen molar-refractivity contribution in [3.8, 4) is 0 Å². The van der Waals surface area contributed by atoms with Crippen molar-refractivity contribution in [3.63, 3.8) is 0 Å². The van der Waals surface area contributed by atoms with Crippen LogP contribution in [0.2, 0.25) is 0 Å². The number of nitrogens with one attached hydrogen (secondary N) is 4. The zero-order valence-electron chi connectivity index (χ0n) is 45.6. The van der Waals surface area contributed by atoms with Crippen molar-refractivity contribution in [1.29, 1.82) is 0 Å². The predicted octanol–water partition coefficient (Wildman–Crippen LogP) is -1.79. The zero-order valence-corrected chi connectivity index (χ0v) is 45.6. The molecule has 0 saturated heterocycles. The van der Waals surface area contributed by atoms with Gasteiger partial charge in [0.2, 0.25) is 46.8 Å². The fraction of sp³-hybridized carbons (Fsp3) is 0.647. The van der Waals surface area contributed by atoms with Crippen molar-refractivity contribution >= 4 is 109 Å². The minimum Gasteiger partial charge on any atom is -0.480 e. The van der Waals surface area contributed by atoms with E-state index in [-0.39, 0.29) is 110 Å². The van der Waals surface area contributed by atoms with E-state index in [1.54, 1.807) is 13.8 Å². The summed E-state index contributed by atoms with van der Waals surface area (Å²) >= 11 is 0. The summed E-state index contributed by atoms with van der Waals surface area (Å²) < 4.78 is 16.4. The van der Waals surface area contributed by atoms with Gasteiger partial charge in [0, 0.05) is 25.7 Å². The second kappa shape index (κ2) is 51.4. The number of carboxylic acid groups (broad SMARTS) is 2. The fourth-order valence-electron chi connectivity index (χ4n) is 5.63. The molecule has 0 heterocycles. The molecule has 30 nitrogen and oxygen atoms in total. The molecule has 30 heteroatoms.